The Morgan fingerprint density at radius 2 is 1.76 bits per heavy atom. The molecule has 1 heterocycles. The lowest BCUT2D eigenvalue weighted by molar-refractivity contribution is -0.130. The number of amides is 2. The molecule has 0 bridgehead atoms. The van der Waals surface area contributed by atoms with Crippen molar-refractivity contribution in [2.75, 3.05) is 26.2 Å². The zero-order valence-corrected chi connectivity index (χ0v) is 16.1. The van der Waals surface area contributed by atoms with Crippen molar-refractivity contribution in [3.63, 3.8) is 0 Å². The molecule has 1 aromatic rings. The van der Waals surface area contributed by atoms with E-state index in [4.69, 9.17) is 27.9 Å². The SMILES string of the molecule is Cl.O=C(CCN1CCCCC1)NNC(=O)COc1ccc(Cl)cc1Cl. The molecule has 0 radical (unpaired) electrons. The summed E-state index contributed by atoms with van der Waals surface area (Å²) < 4.78 is 5.28. The highest BCUT2D eigenvalue weighted by atomic mass is 35.5. The third-order valence-corrected chi connectivity index (χ3v) is 4.23. The quantitative estimate of drug-likeness (QED) is 0.708. The third kappa shape index (κ3) is 8.14. The number of nitrogens with zero attached hydrogens (tertiary/aromatic N) is 1. The van der Waals surface area contributed by atoms with Crippen molar-refractivity contribution in [3.05, 3.63) is 28.2 Å². The first kappa shape index (κ1) is 21.8. The Labute approximate surface area is 163 Å². The molecule has 6 nitrogen and oxygen atoms in total. The molecule has 25 heavy (non-hydrogen) atoms. The minimum atomic E-state index is -0.465. The molecule has 9 heteroatoms. The van der Waals surface area contributed by atoms with Crippen molar-refractivity contribution < 1.29 is 14.3 Å². The maximum absolute atomic E-state index is 11.7. The number of piperidine rings is 1. The molecule has 0 atom stereocenters. The summed E-state index contributed by atoms with van der Waals surface area (Å²) in [6.07, 6.45) is 3.98. The van der Waals surface area contributed by atoms with Gasteiger partial charge in [-0.3, -0.25) is 20.4 Å². The highest BCUT2D eigenvalue weighted by Gasteiger charge is 2.12. The molecule has 2 amide bonds. The number of hydrogen-bond donors (Lipinski definition) is 2. The van der Waals surface area contributed by atoms with Crippen LogP contribution in [0.3, 0.4) is 0 Å². The smallest absolute Gasteiger partial charge is 0.276 e. The molecule has 0 unspecified atom stereocenters. The van der Waals surface area contributed by atoms with Crippen molar-refractivity contribution >= 4 is 47.4 Å². The molecule has 2 rings (SSSR count). The van der Waals surface area contributed by atoms with Gasteiger partial charge in [-0.25, -0.2) is 0 Å². The van der Waals surface area contributed by atoms with E-state index in [1.165, 1.54) is 25.3 Å². The van der Waals surface area contributed by atoms with Crippen LogP contribution in [0, 0.1) is 0 Å². The Balaban J connectivity index is 0.00000312. The lowest BCUT2D eigenvalue weighted by Crippen LogP contribution is -2.45. The van der Waals surface area contributed by atoms with Gasteiger partial charge in [0.25, 0.3) is 5.91 Å². The first-order valence-corrected chi connectivity index (χ1v) is 8.68. The van der Waals surface area contributed by atoms with E-state index in [1.807, 2.05) is 0 Å². The second-order valence-electron chi connectivity index (χ2n) is 5.61. The summed E-state index contributed by atoms with van der Waals surface area (Å²) in [5, 5.41) is 0.804. The molecule has 2 N–H and O–H groups in total. The first-order valence-electron chi connectivity index (χ1n) is 7.92. The summed E-state index contributed by atoms with van der Waals surface area (Å²) in [5.41, 5.74) is 4.70. The molecule has 1 aromatic carbocycles. The Hall–Kier alpha value is -1.21. The molecule has 1 aliphatic heterocycles. The van der Waals surface area contributed by atoms with Crippen LogP contribution >= 0.6 is 35.6 Å². The maximum atomic E-state index is 11.7. The summed E-state index contributed by atoms with van der Waals surface area (Å²) in [4.78, 5) is 25.7. The van der Waals surface area contributed by atoms with Gasteiger partial charge in [0.15, 0.2) is 6.61 Å². The Morgan fingerprint density at radius 3 is 2.44 bits per heavy atom. The van der Waals surface area contributed by atoms with Crippen LogP contribution in [0.2, 0.25) is 10.0 Å². The van der Waals surface area contributed by atoms with E-state index < -0.39 is 5.91 Å². The van der Waals surface area contributed by atoms with Gasteiger partial charge in [0.05, 0.1) is 5.02 Å². The summed E-state index contributed by atoms with van der Waals surface area (Å²) >= 11 is 11.7. The fourth-order valence-corrected chi connectivity index (χ4v) is 2.88. The summed E-state index contributed by atoms with van der Waals surface area (Å²) in [7, 11) is 0. The normalized spacial score (nSPS) is 14.3. The molecule has 0 aliphatic carbocycles. The number of ether oxygens (including phenoxy) is 1. The Kier molecular flexibility index (Phi) is 9.97. The van der Waals surface area contributed by atoms with E-state index in [-0.39, 0.29) is 24.9 Å². The topological polar surface area (TPSA) is 70.7 Å². The summed E-state index contributed by atoms with van der Waals surface area (Å²) in [6.45, 7) is 2.52. The Bertz CT molecular complexity index is 581. The van der Waals surface area contributed by atoms with Crippen LogP contribution in [-0.2, 0) is 9.59 Å². The highest BCUT2D eigenvalue weighted by Crippen LogP contribution is 2.27. The van der Waals surface area contributed by atoms with Gasteiger partial charge in [0.2, 0.25) is 5.91 Å². The molecule has 1 fully saturated rings. The van der Waals surface area contributed by atoms with E-state index in [0.717, 1.165) is 13.1 Å². The first-order chi connectivity index (χ1) is 11.5. The number of benzene rings is 1. The number of nitrogens with one attached hydrogen (secondary N) is 2. The van der Waals surface area contributed by atoms with Gasteiger partial charge in [-0.05, 0) is 44.1 Å². The van der Waals surface area contributed by atoms with Gasteiger partial charge in [0.1, 0.15) is 5.75 Å². The number of carbonyl (C=O) groups is 2. The van der Waals surface area contributed by atoms with Crippen LogP contribution in [0.5, 0.6) is 5.75 Å². The van der Waals surface area contributed by atoms with Crippen molar-refractivity contribution in [3.8, 4) is 5.75 Å². The van der Waals surface area contributed by atoms with Crippen molar-refractivity contribution in [1.82, 2.24) is 15.8 Å². The van der Waals surface area contributed by atoms with E-state index in [9.17, 15) is 9.59 Å². The lowest BCUT2D eigenvalue weighted by Gasteiger charge is -2.25. The molecule has 0 spiro atoms. The van der Waals surface area contributed by atoms with Gasteiger partial charge in [-0.2, -0.15) is 0 Å². The number of hydrogen-bond acceptors (Lipinski definition) is 4. The zero-order chi connectivity index (χ0) is 17.4. The van der Waals surface area contributed by atoms with Crippen LogP contribution < -0.4 is 15.6 Å². The monoisotopic (exact) mass is 409 g/mol. The maximum Gasteiger partial charge on any atom is 0.276 e. The van der Waals surface area contributed by atoms with Crippen LogP contribution in [0.1, 0.15) is 25.7 Å². The number of rotatable bonds is 6. The average molecular weight is 411 g/mol. The van der Waals surface area contributed by atoms with Crippen LogP contribution in [-0.4, -0.2) is 43.0 Å². The lowest BCUT2D eigenvalue weighted by atomic mass is 10.1. The van der Waals surface area contributed by atoms with Crippen molar-refractivity contribution in [2.45, 2.75) is 25.7 Å². The number of carbonyl (C=O) groups excluding carboxylic acids is 2. The number of halogens is 3. The molecule has 0 saturated carbocycles. The Morgan fingerprint density at radius 1 is 1.08 bits per heavy atom. The molecule has 1 saturated heterocycles. The molecular weight excluding hydrogens is 389 g/mol. The van der Waals surface area contributed by atoms with Crippen molar-refractivity contribution in [2.24, 2.45) is 0 Å². The average Bonchev–Trinajstić information content (AvgIpc) is 2.58. The second kappa shape index (κ2) is 11.4. The fraction of sp³-hybridized carbons (Fsp3) is 0.500. The molecule has 0 aromatic heterocycles. The van der Waals surface area contributed by atoms with Gasteiger partial charge < -0.3 is 9.64 Å². The zero-order valence-electron chi connectivity index (χ0n) is 13.7. The number of likely N-dealkylation sites (tertiary alicyclic amines) is 1. The molecule has 1 aliphatic rings. The second-order valence-corrected chi connectivity index (χ2v) is 6.46. The van der Waals surface area contributed by atoms with Gasteiger partial charge in [-0.1, -0.05) is 29.6 Å². The van der Waals surface area contributed by atoms with Crippen LogP contribution in [0.15, 0.2) is 18.2 Å². The molecular formula is C16H22Cl3N3O3. The highest BCUT2D eigenvalue weighted by molar-refractivity contribution is 6.35. The predicted molar refractivity (Wildman–Crippen MR) is 100 cm³/mol. The standard InChI is InChI=1S/C16H21Cl2N3O3.ClH/c17-12-4-5-14(13(18)10-12)24-11-16(23)20-19-15(22)6-9-21-7-2-1-3-8-21;/h4-5,10H,1-3,6-9,11H2,(H,19,22)(H,20,23);1H. The van der Waals surface area contributed by atoms with Crippen LogP contribution in [0.25, 0.3) is 0 Å². The largest absolute Gasteiger partial charge is 0.482 e. The molecule has 140 valence electrons. The van der Waals surface area contributed by atoms with Gasteiger partial charge >= 0.3 is 0 Å². The summed E-state index contributed by atoms with van der Waals surface area (Å²) in [6, 6.07) is 4.72. The van der Waals surface area contributed by atoms with Crippen molar-refractivity contribution in [1.29, 1.82) is 0 Å². The van der Waals surface area contributed by atoms with E-state index in [1.54, 1.807) is 12.1 Å². The minimum absolute atomic E-state index is 0. The van der Waals surface area contributed by atoms with Gasteiger partial charge in [0, 0.05) is 18.0 Å². The fourth-order valence-electron chi connectivity index (χ4n) is 2.42. The third-order valence-electron chi connectivity index (χ3n) is 3.70. The van der Waals surface area contributed by atoms with E-state index in [2.05, 4.69) is 15.8 Å². The predicted octanol–water partition coefficient (Wildman–Crippen LogP) is 2.82. The van der Waals surface area contributed by atoms with Crippen LogP contribution in [0.4, 0.5) is 0 Å². The summed E-state index contributed by atoms with van der Waals surface area (Å²) in [5.74, 6) is -0.335. The minimum Gasteiger partial charge on any atom is -0.482 e. The van der Waals surface area contributed by atoms with Gasteiger partial charge in [-0.15, -0.1) is 12.4 Å². The van der Waals surface area contributed by atoms with E-state index >= 15 is 0 Å². The van der Waals surface area contributed by atoms with E-state index in [0.29, 0.717) is 28.8 Å². The number of hydrazine groups is 1.